The number of sulfonamides is 1. The van der Waals surface area contributed by atoms with Gasteiger partial charge in [0.2, 0.25) is 10.0 Å². The number of ether oxygens (including phenoxy) is 1. The van der Waals surface area contributed by atoms with Crippen molar-refractivity contribution < 1.29 is 13.2 Å². The van der Waals surface area contributed by atoms with Gasteiger partial charge in [-0.05, 0) is 26.0 Å². The van der Waals surface area contributed by atoms with E-state index in [1.54, 1.807) is 30.9 Å². The average Bonchev–Trinajstić information content (AvgIpc) is 3.29. The number of hydrogen-bond donors (Lipinski definition) is 0. The molecule has 10 nitrogen and oxygen atoms in total. The zero-order valence-electron chi connectivity index (χ0n) is 21.8. The van der Waals surface area contributed by atoms with E-state index in [-0.39, 0.29) is 12.3 Å². The predicted octanol–water partition coefficient (Wildman–Crippen LogP) is 3.36. The van der Waals surface area contributed by atoms with Crippen molar-refractivity contribution in [3.05, 3.63) is 36.4 Å². The third-order valence-electron chi connectivity index (χ3n) is 7.87. The molecule has 5 rings (SSSR count). The van der Waals surface area contributed by atoms with Crippen LogP contribution in [-0.4, -0.2) is 65.1 Å². The van der Waals surface area contributed by atoms with Gasteiger partial charge in [-0.25, -0.2) is 13.4 Å². The molecule has 0 bridgehead atoms. The summed E-state index contributed by atoms with van der Waals surface area (Å²) in [7, 11) is -4.61. The van der Waals surface area contributed by atoms with Crippen molar-refractivity contribution in [1.29, 1.82) is 10.5 Å². The summed E-state index contributed by atoms with van der Waals surface area (Å²) in [6.45, 7) is 11.6. The van der Waals surface area contributed by atoms with Gasteiger partial charge in [-0.3, -0.25) is 4.68 Å². The molecule has 4 heterocycles. The van der Waals surface area contributed by atoms with Gasteiger partial charge < -0.3 is 9.30 Å². The third-order valence-corrected chi connectivity index (χ3v) is 11.4. The molecule has 0 amide bonds. The molecule has 1 saturated carbocycles. The summed E-state index contributed by atoms with van der Waals surface area (Å²) in [5.41, 5.74) is 0.977. The molecule has 3 aromatic rings. The summed E-state index contributed by atoms with van der Waals surface area (Å²) >= 11 is 0. The molecular formula is C25H31N7O3SSi. The van der Waals surface area contributed by atoms with Gasteiger partial charge in [0.15, 0.2) is 0 Å². The molecule has 3 atom stereocenters. The molecule has 12 heteroatoms. The van der Waals surface area contributed by atoms with E-state index in [0.29, 0.717) is 30.1 Å². The van der Waals surface area contributed by atoms with Crippen molar-refractivity contribution >= 4 is 29.1 Å². The van der Waals surface area contributed by atoms with Gasteiger partial charge >= 0.3 is 0 Å². The first-order valence-corrected chi connectivity index (χ1v) is 17.7. The number of rotatable bonds is 9. The quantitative estimate of drug-likeness (QED) is 0.302. The third kappa shape index (κ3) is 3.74. The summed E-state index contributed by atoms with van der Waals surface area (Å²) in [5, 5.41) is 25.2. The Morgan fingerprint density at radius 2 is 2.03 bits per heavy atom. The van der Waals surface area contributed by atoms with Crippen LogP contribution in [0.15, 0.2) is 30.9 Å². The monoisotopic (exact) mass is 537 g/mol. The lowest BCUT2D eigenvalue weighted by molar-refractivity contribution is 0.0899. The highest BCUT2D eigenvalue weighted by Crippen LogP contribution is 2.71. The van der Waals surface area contributed by atoms with Crippen LogP contribution >= 0.6 is 0 Å². The first kappa shape index (κ1) is 25.6. The molecule has 194 valence electrons. The first-order chi connectivity index (χ1) is 17.4. The predicted molar refractivity (Wildman–Crippen MR) is 141 cm³/mol. The summed E-state index contributed by atoms with van der Waals surface area (Å²) in [6.07, 6.45) is 6.96. The topological polar surface area (TPSA) is 130 Å². The van der Waals surface area contributed by atoms with Gasteiger partial charge in [0.05, 0.1) is 29.6 Å². The Morgan fingerprint density at radius 3 is 2.68 bits per heavy atom. The maximum Gasteiger partial charge on any atom is 0.214 e. The Balaban J connectivity index is 1.47. The molecule has 2 aliphatic rings. The van der Waals surface area contributed by atoms with E-state index in [4.69, 9.17) is 4.74 Å². The fourth-order valence-electron chi connectivity index (χ4n) is 5.51. The molecule has 0 radical (unpaired) electrons. The van der Waals surface area contributed by atoms with Crippen molar-refractivity contribution in [2.24, 2.45) is 5.41 Å². The van der Waals surface area contributed by atoms with Crippen LogP contribution < -0.4 is 0 Å². The Bertz CT molecular complexity index is 1580. The smallest absolute Gasteiger partial charge is 0.214 e. The summed E-state index contributed by atoms with van der Waals surface area (Å²) in [5.74, 6) is -0.00911. The van der Waals surface area contributed by atoms with Gasteiger partial charge in [0.25, 0.3) is 0 Å². The van der Waals surface area contributed by atoms with E-state index >= 15 is 0 Å². The number of pyridine rings is 1. The highest BCUT2D eigenvalue weighted by atomic mass is 32.2. The largest absolute Gasteiger partial charge is 0.361 e. The molecule has 1 aliphatic heterocycles. The lowest BCUT2D eigenvalue weighted by atomic mass is 10.0. The van der Waals surface area contributed by atoms with Crippen LogP contribution in [0.3, 0.4) is 0 Å². The maximum atomic E-state index is 12.5. The second-order valence-corrected chi connectivity index (χ2v) is 19.1. The van der Waals surface area contributed by atoms with Crippen molar-refractivity contribution in [2.75, 3.05) is 18.9 Å². The molecule has 0 aromatic carbocycles. The van der Waals surface area contributed by atoms with Crippen LogP contribution in [0.25, 0.3) is 22.2 Å². The van der Waals surface area contributed by atoms with E-state index in [2.05, 4.69) is 41.9 Å². The van der Waals surface area contributed by atoms with Crippen LogP contribution in [0, 0.1) is 28.1 Å². The molecular weight excluding hydrogens is 506 g/mol. The average molecular weight is 538 g/mol. The maximum absolute atomic E-state index is 12.5. The Hall–Kier alpha value is -3.03. The second-order valence-electron chi connectivity index (χ2n) is 11.3. The number of nitrogens with zero attached hydrogens (tertiary/aromatic N) is 7. The minimum atomic E-state index is -3.42. The summed E-state index contributed by atoms with van der Waals surface area (Å²) in [6, 6.07) is 7.12. The Morgan fingerprint density at radius 1 is 1.27 bits per heavy atom. The number of hydrogen-bond acceptors (Lipinski definition) is 7. The van der Waals surface area contributed by atoms with Gasteiger partial charge in [0, 0.05) is 56.3 Å². The van der Waals surface area contributed by atoms with Gasteiger partial charge in [-0.1, -0.05) is 19.6 Å². The number of nitriles is 2. The van der Waals surface area contributed by atoms with Crippen LogP contribution in [0.1, 0.15) is 19.4 Å². The van der Waals surface area contributed by atoms with Crippen molar-refractivity contribution in [3.63, 3.8) is 0 Å². The van der Waals surface area contributed by atoms with Crippen LogP contribution in [0.2, 0.25) is 25.7 Å². The van der Waals surface area contributed by atoms with Gasteiger partial charge in [-0.15, -0.1) is 0 Å². The van der Waals surface area contributed by atoms with Crippen molar-refractivity contribution in [3.8, 4) is 23.3 Å². The molecule has 3 unspecified atom stereocenters. The second kappa shape index (κ2) is 8.50. The Labute approximate surface area is 218 Å². The van der Waals surface area contributed by atoms with Crippen LogP contribution in [0.4, 0.5) is 0 Å². The van der Waals surface area contributed by atoms with E-state index < -0.39 is 35.1 Å². The minimum Gasteiger partial charge on any atom is -0.361 e. The molecule has 1 saturated heterocycles. The number of aromatic nitrogens is 4. The molecule has 1 aliphatic carbocycles. The fraction of sp³-hybridized carbons (Fsp3) is 0.520. The van der Waals surface area contributed by atoms with E-state index in [9.17, 15) is 18.9 Å². The standard InChI is InChI=1S/C25H31N7O3SSi/c1-6-36(33,34)31-16-25(23(31)24(25,2)15-27)32-14-19(13-29-32)21-18(11-26)12-28-22-20(21)7-8-30(22)17-35-9-10-37(3,4)5/h7-8,12-14,23H,6,9-10,16-17H2,1-5H3. The highest BCUT2D eigenvalue weighted by molar-refractivity contribution is 7.89. The summed E-state index contributed by atoms with van der Waals surface area (Å²) < 4.78 is 36.0. The van der Waals surface area contributed by atoms with Gasteiger partial charge in [0.1, 0.15) is 29.4 Å². The van der Waals surface area contributed by atoms with Gasteiger partial charge in [-0.2, -0.15) is 19.9 Å². The SMILES string of the molecule is CCS(=O)(=O)N1CC2(n3cc(-c4c(C#N)cnc5c4ccn5COCC[Si](C)(C)C)cn3)C1C2(C)C#N. The van der Waals surface area contributed by atoms with E-state index in [1.165, 1.54) is 4.31 Å². The molecule has 3 aromatic heterocycles. The van der Waals surface area contributed by atoms with Crippen LogP contribution in [-0.2, 0) is 27.0 Å². The Kier molecular flexibility index (Phi) is 5.88. The molecule has 0 N–H and O–H groups in total. The fourth-order valence-corrected chi connectivity index (χ4v) is 7.70. The molecule has 0 spiro atoms. The van der Waals surface area contributed by atoms with E-state index in [0.717, 1.165) is 17.0 Å². The highest BCUT2D eigenvalue weighted by Gasteiger charge is 2.87. The van der Waals surface area contributed by atoms with Crippen molar-refractivity contribution in [2.45, 2.75) is 57.8 Å². The molecule has 2 fully saturated rings. The zero-order valence-corrected chi connectivity index (χ0v) is 23.6. The van der Waals surface area contributed by atoms with E-state index in [1.807, 2.05) is 23.0 Å². The first-order valence-electron chi connectivity index (χ1n) is 12.4. The number of fused-ring (bicyclic) bond motifs is 2. The lowest BCUT2D eigenvalue weighted by Gasteiger charge is -2.36. The minimum absolute atomic E-state index is 0.00911. The van der Waals surface area contributed by atoms with Crippen molar-refractivity contribution in [1.82, 2.24) is 23.6 Å². The lowest BCUT2D eigenvalue weighted by Crippen LogP contribution is -2.55. The van der Waals surface area contributed by atoms with Crippen LogP contribution in [0.5, 0.6) is 0 Å². The zero-order chi connectivity index (χ0) is 26.8. The normalized spacial score (nSPS) is 25.3. The molecule has 37 heavy (non-hydrogen) atoms. The summed E-state index contributed by atoms with van der Waals surface area (Å²) in [4.78, 5) is 4.52.